The molecule has 6 heteroatoms. The Morgan fingerprint density at radius 2 is 1.91 bits per heavy atom. The van der Waals surface area contributed by atoms with Crippen LogP contribution in [0.4, 0.5) is 0 Å². The highest BCUT2D eigenvalue weighted by Gasteiger charge is 2.83. The van der Waals surface area contributed by atoms with Crippen LogP contribution in [0.5, 0.6) is 0 Å². The molecule has 6 atom stereocenters. The average Bonchev–Trinajstić information content (AvgIpc) is 2.65. The molecule has 22 heavy (non-hydrogen) atoms. The Labute approximate surface area is 128 Å². The minimum absolute atomic E-state index is 0.0792. The maximum atomic E-state index is 9.96. The van der Waals surface area contributed by atoms with E-state index < -0.39 is 16.5 Å². The highest BCUT2D eigenvalue weighted by atomic mass is 16.5. The number of nitrogens with zero attached hydrogens (tertiary/aromatic N) is 4. The first-order valence-electron chi connectivity index (χ1n) is 7.25. The van der Waals surface area contributed by atoms with E-state index in [2.05, 4.69) is 12.1 Å². The van der Waals surface area contributed by atoms with Crippen LogP contribution in [0.25, 0.3) is 0 Å². The average molecular weight is 296 g/mol. The van der Waals surface area contributed by atoms with Gasteiger partial charge in [0.1, 0.15) is 11.0 Å². The molecule has 0 aromatic rings. The zero-order valence-corrected chi connectivity index (χ0v) is 12.9. The maximum absolute atomic E-state index is 9.96. The van der Waals surface area contributed by atoms with E-state index in [4.69, 9.17) is 19.5 Å². The standard InChI is InChI=1S/C16H16N4O2/c1-14-8(6-17)5-9-15(2)11(10(14)12(19-15)21-3)16(9,7-18)13(20-14)22-4/h5,9-11H,1-4H3. The van der Waals surface area contributed by atoms with Gasteiger partial charge in [0.15, 0.2) is 5.90 Å². The summed E-state index contributed by atoms with van der Waals surface area (Å²) in [7, 11) is 3.12. The molecule has 5 rings (SSSR count). The fourth-order valence-corrected chi connectivity index (χ4v) is 5.19. The molecular formula is C16H16N4O2. The Morgan fingerprint density at radius 3 is 2.45 bits per heavy atom. The summed E-state index contributed by atoms with van der Waals surface area (Å²) < 4.78 is 11.0. The fraction of sp³-hybridized carbons (Fsp3) is 0.625. The van der Waals surface area contributed by atoms with Crippen molar-refractivity contribution >= 4 is 11.8 Å². The van der Waals surface area contributed by atoms with Crippen molar-refractivity contribution in [2.24, 2.45) is 33.2 Å². The SMILES string of the molecule is COC1=NC2(C)C3C=C(C#N)C4(C)N=C(OC)C3(C#N)C2C14. The second-order valence-electron chi connectivity index (χ2n) is 6.75. The summed E-state index contributed by atoms with van der Waals surface area (Å²) in [4.78, 5) is 9.47. The van der Waals surface area contributed by atoms with Gasteiger partial charge >= 0.3 is 0 Å². The summed E-state index contributed by atoms with van der Waals surface area (Å²) in [5.41, 5.74) is -1.51. The third-order valence-corrected chi connectivity index (χ3v) is 6.07. The molecule has 1 fully saturated rings. The number of nitriles is 2. The number of rotatable bonds is 0. The zero-order chi connectivity index (χ0) is 15.9. The van der Waals surface area contributed by atoms with Crippen LogP contribution in [-0.4, -0.2) is 37.1 Å². The normalized spacial score (nSPS) is 49.7. The summed E-state index contributed by atoms with van der Waals surface area (Å²) in [5, 5.41) is 19.6. The van der Waals surface area contributed by atoms with Gasteiger partial charge in [-0.2, -0.15) is 10.5 Å². The van der Waals surface area contributed by atoms with E-state index in [1.807, 2.05) is 19.9 Å². The topological polar surface area (TPSA) is 90.8 Å². The first kappa shape index (κ1) is 13.3. The lowest BCUT2D eigenvalue weighted by Crippen LogP contribution is -2.72. The summed E-state index contributed by atoms with van der Waals surface area (Å²) in [6.45, 7) is 3.95. The van der Waals surface area contributed by atoms with Crippen LogP contribution >= 0.6 is 0 Å². The van der Waals surface area contributed by atoms with Crippen LogP contribution in [0.15, 0.2) is 21.6 Å². The zero-order valence-electron chi connectivity index (χ0n) is 12.9. The highest BCUT2D eigenvalue weighted by molar-refractivity contribution is 5.98. The van der Waals surface area contributed by atoms with E-state index >= 15 is 0 Å². The Bertz CT molecular complexity index is 770. The highest BCUT2D eigenvalue weighted by Crippen LogP contribution is 2.73. The summed E-state index contributed by atoms with van der Waals surface area (Å²) >= 11 is 0. The van der Waals surface area contributed by atoms with E-state index in [9.17, 15) is 10.5 Å². The molecule has 3 aliphatic heterocycles. The fourth-order valence-electron chi connectivity index (χ4n) is 5.19. The van der Waals surface area contributed by atoms with Crippen molar-refractivity contribution < 1.29 is 9.47 Å². The molecule has 2 aliphatic carbocycles. The van der Waals surface area contributed by atoms with Crippen molar-refractivity contribution in [3.8, 4) is 12.1 Å². The third kappa shape index (κ3) is 0.982. The maximum Gasteiger partial charge on any atom is 0.206 e. The molecule has 3 heterocycles. The van der Waals surface area contributed by atoms with E-state index in [0.717, 1.165) is 0 Å². The lowest BCUT2D eigenvalue weighted by molar-refractivity contribution is -0.0484. The predicted molar refractivity (Wildman–Crippen MR) is 77.9 cm³/mol. The van der Waals surface area contributed by atoms with E-state index in [1.54, 1.807) is 7.11 Å². The van der Waals surface area contributed by atoms with Gasteiger partial charge in [-0.1, -0.05) is 6.08 Å². The molecule has 1 saturated carbocycles. The number of methoxy groups -OCH3 is 2. The van der Waals surface area contributed by atoms with Crippen molar-refractivity contribution in [3.63, 3.8) is 0 Å². The Kier molecular flexibility index (Phi) is 2.13. The number of hydrogen-bond acceptors (Lipinski definition) is 6. The molecule has 5 aliphatic rings. The second-order valence-corrected chi connectivity index (χ2v) is 6.75. The van der Waals surface area contributed by atoms with Gasteiger partial charge in [0.25, 0.3) is 0 Å². The molecule has 6 unspecified atom stereocenters. The third-order valence-electron chi connectivity index (χ3n) is 6.07. The van der Waals surface area contributed by atoms with Crippen LogP contribution in [-0.2, 0) is 9.47 Å². The minimum atomic E-state index is -0.851. The van der Waals surface area contributed by atoms with Crippen LogP contribution < -0.4 is 0 Å². The van der Waals surface area contributed by atoms with E-state index in [1.165, 1.54) is 7.11 Å². The number of ether oxygens (including phenoxy) is 2. The van der Waals surface area contributed by atoms with Crippen LogP contribution in [0.3, 0.4) is 0 Å². The molecule has 0 radical (unpaired) electrons. The van der Waals surface area contributed by atoms with Gasteiger partial charge in [0.2, 0.25) is 5.90 Å². The summed E-state index contributed by atoms with van der Waals surface area (Å²) in [6.07, 6.45) is 1.89. The Morgan fingerprint density at radius 1 is 1.18 bits per heavy atom. The quantitative estimate of drug-likeness (QED) is 0.676. The molecular weight excluding hydrogens is 280 g/mol. The predicted octanol–water partition coefficient (Wildman–Crippen LogP) is 1.46. The summed E-state index contributed by atoms with van der Waals surface area (Å²) in [6, 6.07) is 4.72. The van der Waals surface area contributed by atoms with Gasteiger partial charge in [-0.05, 0) is 13.8 Å². The molecule has 0 aromatic carbocycles. The van der Waals surface area contributed by atoms with Crippen molar-refractivity contribution in [2.75, 3.05) is 14.2 Å². The number of aliphatic imine (C=N–C) groups is 2. The van der Waals surface area contributed by atoms with E-state index in [0.29, 0.717) is 17.4 Å². The smallest absolute Gasteiger partial charge is 0.206 e. The molecule has 0 spiro atoms. The van der Waals surface area contributed by atoms with Crippen molar-refractivity contribution in [1.29, 1.82) is 10.5 Å². The van der Waals surface area contributed by atoms with Gasteiger partial charge in [-0.25, -0.2) is 9.98 Å². The first-order chi connectivity index (χ1) is 10.4. The van der Waals surface area contributed by atoms with Crippen LogP contribution in [0.1, 0.15) is 13.8 Å². The van der Waals surface area contributed by atoms with Crippen LogP contribution in [0.2, 0.25) is 0 Å². The summed E-state index contributed by atoms with van der Waals surface area (Å²) in [5.74, 6) is 0.519. The number of hydrogen-bond donors (Lipinski definition) is 0. The molecule has 0 saturated heterocycles. The first-order valence-corrected chi connectivity index (χ1v) is 7.25. The monoisotopic (exact) mass is 296 g/mol. The lowest BCUT2D eigenvalue weighted by Gasteiger charge is -2.61. The molecule has 0 amide bonds. The molecule has 112 valence electrons. The lowest BCUT2D eigenvalue weighted by atomic mass is 9.41. The van der Waals surface area contributed by atoms with Crippen molar-refractivity contribution in [2.45, 2.75) is 24.9 Å². The Hall–Kier alpha value is -2.34. The van der Waals surface area contributed by atoms with E-state index in [-0.39, 0.29) is 17.8 Å². The largest absolute Gasteiger partial charge is 0.484 e. The van der Waals surface area contributed by atoms with Crippen molar-refractivity contribution in [1.82, 2.24) is 0 Å². The van der Waals surface area contributed by atoms with Gasteiger partial charge in [0, 0.05) is 11.8 Å². The molecule has 0 aromatic heterocycles. The molecule has 6 bridgehead atoms. The Balaban J connectivity index is 2.09. The van der Waals surface area contributed by atoms with Gasteiger partial charge in [0.05, 0.1) is 43.4 Å². The van der Waals surface area contributed by atoms with Gasteiger partial charge in [-0.3, -0.25) is 0 Å². The van der Waals surface area contributed by atoms with Crippen molar-refractivity contribution in [3.05, 3.63) is 11.6 Å². The molecule has 0 N–H and O–H groups in total. The molecule has 6 nitrogen and oxygen atoms in total. The van der Waals surface area contributed by atoms with Crippen LogP contribution in [0, 0.1) is 45.8 Å². The van der Waals surface area contributed by atoms with Gasteiger partial charge < -0.3 is 9.47 Å². The minimum Gasteiger partial charge on any atom is -0.484 e. The van der Waals surface area contributed by atoms with Gasteiger partial charge in [-0.15, -0.1) is 0 Å². The second kappa shape index (κ2) is 3.52.